The van der Waals surface area contributed by atoms with E-state index in [0.717, 1.165) is 5.69 Å². The van der Waals surface area contributed by atoms with Crippen molar-refractivity contribution in [2.24, 2.45) is 0 Å². The van der Waals surface area contributed by atoms with Crippen LogP contribution in [0.4, 0.5) is 4.39 Å². The van der Waals surface area contributed by atoms with Crippen molar-refractivity contribution in [2.45, 2.75) is 12.8 Å². The van der Waals surface area contributed by atoms with E-state index in [9.17, 15) is 9.18 Å². The van der Waals surface area contributed by atoms with Gasteiger partial charge in [0.25, 0.3) is 0 Å². The molecule has 3 nitrogen and oxygen atoms in total. The summed E-state index contributed by atoms with van der Waals surface area (Å²) in [7, 11) is 0. The molecule has 3 rings (SSSR count). The van der Waals surface area contributed by atoms with Gasteiger partial charge >= 0.3 is 0 Å². The van der Waals surface area contributed by atoms with Crippen molar-refractivity contribution in [3.8, 4) is 5.69 Å². The van der Waals surface area contributed by atoms with Crippen molar-refractivity contribution in [1.82, 2.24) is 9.78 Å². The van der Waals surface area contributed by atoms with Crippen LogP contribution in [0.3, 0.4) is 0 Å². The zero-order valence-corrected chi connectivity index (χ0v) is 8.48. The molecule has 1 aromatic carbocycles. The molecule has 0 saturated heterocycles. The lowest BCUT2D eigenvalue weighted by Crippen LogP contribution is -2.01. The molecule has 0 saturated carbocycles. The summed E-state index contributed by atoms with van der Waals surface area (Å²) in [6.07, 6.45) is 2.78. The Morgan fingerprint density at radius 3 is 3.00 bits per heavy atom. The fourth-order valence-corrected chi connectivity index (χ4v) is 2.04. The molecule has 1 aliphatic carbocycles. The fourth-order valence-electron chi connectivity index (χ4n) is 2.04. The summed E-state index contributed by atoms with van der Waals surface area (Å²) in [5.74, 6) is -0.177. The van der Waals surface area contributed by atoms with Crippen molar-refractivity contribution in [3.05, 3.63) is 47.5 Å². The summed E-state index contributed by atoms with van der Waals surface area (Å²) in [5, 5.41) is 4.13. The Bertz CT molecular complexity index is 574. The number of hydrogen-bond acceptors (Lipinski definition) is 2. The van der Waals surface area contributed by atoms with Gasteiger partial charge in [-0.25, -0.2) is 9.07 Å². The number of Topliss-reactive ketones (excluding diaryl/α,β-unsaturated/α-hetero) is 1. The highest BCUT2D eigenvalue weighted by Crippen LogP contribution is 2.24. The number of fused-ring (bicyclic) bond motifs is 1. The first-order valence-electron chi connectivity index (χ1n) is 5.12. The average Bonchev–Trinajstić information content (AvgIpc) is 2.82. The van der Waals surface area contributed by atoms with Gasteiger partial charge < -0.3 is 0 Å². The van der Waals surface area contributed by atoms with Gasteiger partial charge in [-0.1, -0.05) is 6.07 Å². The first-order valence-corrected chi connectivity index (χ1v) is 5.12. The molecule has 1 heterocycles. The van der Waals surface area contributed by atoms with Gasteiger partial charge in [0, 0.05) is 6.42 Å². The smallest absolute Gasteiger partial charge is 0.166 e. The summed E-state index contributed by atoms with van der Waals surface area (Å²) in [4.78, 5) is 11.4. The topological polar surface area (TPSA) is 34.9 Å². The second-order valence-corrected chi connectivity index (χ2v) is 3.82. The normalized spacial score (nSPS) is 14.2. The molecular formula is C12H9FN2O. The van der Waals surface area contributed by atoms with Crippen LogP contribution in [0, 0.1) is 5.82 Å². The molecule has 0 radical (unpaired) electrons. The van der Waals surface area contributed by atoms with Crippen LogP contribution in [0.5, 0.6) is 0 Å². The first-order chi connectivity index (χ1) is 7.75. The number of ketones is 1. The number of carbonyl (C=O) groups excluding carboxylic acids is 1. The molecule has 2 aromatic rings. The van der Waals surface area contributed by atoms with Gasteiger partial charge in [-0.05, 0) is 24.6 Å². The minimum atomic E-state index is -0.300. The maximum atomic E-state index is 13.1. The van der Waals surface area contributed by atoms with Gasteiger partial charge in [0.15, 0.2) is 5.78 Å². The van der Waals surface area contributed by atoms with E-state index in [1.807, 2.05) is 0 Å². The third-order valence-electron chi connectivity index (χ3n) is 2.81. The monoisotopic (exact) mass is 216 g/mol. The van der Waals surface area contributed by atoms with Crippen molar-refractivity contribution < 1.29 is 9.18 Å². The second kappa shape index (κ2) is 3.27. The highest BCUT2D eigenvalue weighted by Gasteiger charge is 2.24. The Morgan fingerprint density at radius 1 is 1.31 bits per heavy atom. The minimum Gasteiger partial charge on any atom is -0.294 e. The maximum absolute atomic E-state index is 13.1. The number of hydrogen-bond donors (Lipinski definition) is 0. The van der Waals surface area contributed by atoms with Gasteiger partial charge in [-0.15, -0.1) is 0 Å². The van der Waals surface area contributed by atoms with E-state index >= 15 is 0 Å². The van der Waals surface area contributed by atoms with E-state index in [0.29, 0.717) is 24.1 Å². The standard InChI is InChI=1S/C12H9FN2O/c13-8-2-1-3-9(6-8)15-11-4-5-12(16)10(11)7-14-15/h1-3,6-7H,4-5H2. The fraction of sp³-hybridized carbons (Fsp3) is 0.167. The average molecular weight is 216 g/mol. The predicted molar refractivity (Wildman–Crippen MR) is 56.2 cm³/mol. The van der Waals surface area contributed by atoms with Gasteiger partial charge in [-0.3, -0.25) is 4.79 Å². The van der Waals surface area contributed by atoms with Crippen molar-refractivity contribution in [3.63, 3.8) is 0 Å². The summed E-state index contributed by atoms with van der Waals surface area (Å²) < 4.78 is 14.7. The van der Waals surface area contributed by atoms with Crippen LogP contribution >= 0.6 is 0 Å². The van der Waals surface area contributed by atoms with Crippen LogP contribution in [0.15, 0.2) is 30.5 Å². The van der Waals surface area contributed by atoms with E-state index < -0.39 is 0 Å². The van der Waals surface area contributed by atoms with Crippen LogP contribution in [0.25, 0.3) is 5.69 Å². The number of carbonyl (C=O) groups is 1. The van der Waals surface area contributed by atoms with Crippen LogP contribution in [0.1, 0.15) is 22.5 Å². The third-order valence-corrected chi connectivity index (χ3v) is 2.81. The molecule has 0 bridgehead atoms. The van der Waals surface area contributed by atoms with Crippen LogP contribution in [-0.2, 0) is 6.42 Å². The summed E-state index contributed by atoms with van der Waals surface area (Å²) >= 11 is 0. The number of aromatic nitrogens is 2. The SMILES string of the molecule is O=C1CCc2c1cnn2-c1cccc(F)c1. The lowest BCUT2D eigenvalue weighted by molar-refractivity contribution is 0.0994. The number of benzene rings is 1. The number of halogens is 1. The predicted octanol–water partition coefficient (Wildman–Crippen LogP) is 2.14. The highest BCUT2D eigenvalue weighted by atomic mass is 19.1. The number of rotatable bonds is 1. The van der Waals surface area contributed by atoms with Gasteiger partial charge in [0.2, 0.25) is 0 Å². The van der Waals surface area contributed by atoms with E-state index in [4.69, 9.17) is 0 Å². The molecule has 80 valence electrons. The summed E-state index contributed by atoms with van der Waals surface area (Å²) in [5.41, 5.74) is 2.22. The lowest BCUT2D eigenvalue weighted by Gasteiger charge is -2.04. The third kappa shape index (κ3) is 1.26. The van der Waals surface area contributed by atoms with Gasteiger partial charge in [0.1, 0.15) is 5.82 Å². The Hall–Kier alpha value is -1.97. The molecule has 4 heteroatoms. The molecule has 0 amide bonds. The Morgan fingerprint density at radius 2 is 2.19 bits per heavy atom. The zero-order chi connectivity index (χ0) is 11.1. The molecule has 0 fully saturated rings. The highest BCUT2D eigenvalue weighted by molar-refractivity contribution is 5.99. The first kappa shape index (κ1) is 9.27. The van der Waals surface area contributed by atoms with Crippen molar-refractivity contribution >= 4 is 5.78 Å². The van der Waals surface area contributed by atoms with E-state index in [-0.39, 0.29) is 11.6 Å². The molecule has 1 aliphatic rings. The van der Waals surface area contributed by atoms with E-state index in [2.05, 4.69) is 5.10 Å². The summed E-state index contributed by atoms with van der Waals surface area (Å²) in [6, 6.07) is 6.21. The molecule has 16 heavy (non-hydrogen) atoms. The molecule has 0 N–H and O–H groups in total. The van der Waals surface area contributed by atoms with Crippen LogP contribution in [-0.4, -0.2) is 15.6 Å². The molecule has 0 aliphatic heterocycles. The lowest BCUT2D eigenvalue weighted by atomic mass is 10.2. The zero-order valence-electron chi connectivity index (χ0n) is 8.48. The quantitative estimate of drug-likeness (QED) is 0.732. The van der Waals surface area contributed by atoms with Gasteiger partial charge in [-0.2, -0.15) is 5.10 Å². The molecule has 0 unspecified atom stereocenters. The van der Waals surface area contributed by atoms with Crippen LogP contribution in [0.2, 0.25) is 0 Å². The summed E-state index contributed by atoms with van der Waals surface area (Å²) in [6.45, 7) is 0. The maximum Gasteiger partial charge on any atom is 0.166 e. The van der Waals surface area contributed by atoms with Crippen molar-refractivity contribution in [2.75, 3.05) is 0 Å². The van der Waals surface area contributed by atoms with Crippen LogP contribution < -0.4 is 0 Å². The Labute approximate surface area is 91.5 Å². The minimum absolute atomic E-state index is 0.123. The van der Waals surface area contributed by atoms with Crippen molar-refractivity contribution in [1.29, 1.82) is 0 Å². The molecular weight excluding hydrogens is 207 g/mol. The molecule has 1 aromatic heterocycles. The molecule has 0 atom stereocenters. The Kier molecular flexibility index (Phi) is 1.89. The largest absolute Gasteiger partial charge is 0.294 e. The Balaban J connectivity index is 2.15. The number of nitrogens with zero attached hydrogens (tertiary/aromatic N) is 2. The van der Waals surface area contributed by atoms with Gasteiger partial charge in [0.05, 0.1) is 23.1 Å². The molecule has 0 spiro atoms. The van der Waals surface area contributed by atoms with E-state index in [1.54, 1.807) is 23.0 Å². The second-order valence-electron chi connectivity index (χ2n) is 3.82. The van der Waals surface area contributed by atoms with E-state index in [1.165, 1.54) is 12.1 Å².